The number of hydrogen-bond donors (Lipinski definition) is 2. The summed E-state index contributed by atoms with van der Waals surface area (Å²) in [6, 6.07) is 13.7. The van der Waals surface area contributed by atoms with E-state index in [0.29, 0.717) is 16.9 Å². The van der Waals surface area contributed by atoms with Crippen LogP contribution in [0.2, 0.25) is 0 Å². The second kappa shape index (κ2) is 6.09. The van der Waals surface area contributed by atoms with Gasteiger partial charge in [-0.25, -0.2) is 0 Å². The first kappa shape index (κ1) is 14.6. The number of aryl methyl sites for hydroxylation is 1. The maximum absolute atomic E-state index is 12.6. The van der Waals surface area contributed by atoms with Crippen molar-refractivity contribution in [2.24, 2.45) is 0 Å². The Morgan fingerprint density at radius 1 is 1.10 bits per heavy atom. The Balaban J connectivity index is 2.41. The normalized spacial score (nSPS) is 10.1. The monoisotopic (exact) mass is 284 g/mol. The summed E-state index contributed by atoms with van der Waals surface area (Å²) in [7, 11) is 0. The Bertz CT molecular complexity index is 665. The van der Waals surface area contributed by atoms with Gasteiger partial charge in [0.1, 0.15) is 6.54 Å². The molecule has 0 radical (unpaired) electrons. The maximum atomic E-state index is 12.6. The summed E-state index contributed by atoms with van der Waals surface area (Å²) in [6.07, 6.45) is 0. The number of rotatable bonds is 4. The van der Waals surface area contributed by atoms with E-state index in [4.69, 9.17) is 10.8 Å². The Morgan fingerprint density at radius 3 is 2.29 bits per heavy atom. The maximum Gasteiger partial charge on any atom is 0.323 e. The van der Waals surface area contributed by atoms with Gasteiger partial charge in [0, 0.05) is 5.56 Å². The molecule has 21 heavy (non-hydrogen) atoms. The number of para-hydroxylation sites is 2. The third-order valence-corrected chi connectivity index (χ3v) is 3.06. The van der Waals surface area contributed by atoms with Gasteiger partial charge in [0.2, 0.25) is 0 Å². The van der Waals surface area contributed by atoms with Crippen LogP contribution in [-0.2, 0) is 4.79 Å². The number of carbonyl (C=O) groups excluding carboxylic acids is 1. The minimum atomic E-state index is -1.10. The Kier molecular flexibility index (Phi) is 4.23. The second-order valence-electron chi connectivity index (χ2n) is 4.71. The highest BCUT2D eigenvalue weighted by molar-refractivity contribution is 6.09. The molecule has 0 saturated heterocycles. The summed E-state index contributed by atoms with van der Waals surface area (Å²) in [6.45, 7) is 1.47. The number of carbonyl (C=O) groups is 2. The van der Waals surface area contributed by atoms with Crippen LogP contribution in [0.3, 0.4) is 0 Å². The Hall–Kier alpha value is -2.82. The highest BCUT2D eigenvalue weighted by atomic mass is 16.4. The Morgan fingerprint density at radius 2 is 1.71 bits per heavy atom. The van der Waals surface area contributed by atoms with Crippen LogP contribution in [0.5, 0.6) is 0 Å². The van der Waals surface area contributed by atoms with E-state index >= 15 is 0 Å². The summed E-state index contributed by atoms with van der Waals surface area (Å²) in [5.41, 5.74) is 8.05. The molecule has 3 N–H and O–H groups in total. The molecule has 2 aromatic carbocycles. The van der Waals surface area contributed by atoms with Crippen LogP contribution in [-0.4, -0.2) is 23.5 Å². The van der Waals surface area contributed by atoms with E-state index in [1.54, 1.807) is 48.5 Å². The van der Waals surface area contributed by atoms with E-state index in [0.717, 1.165) is 5.56 Å². The lowest BCUT2D eigenvalue weighted by molar-refractivity contribution is -0.135. The van der Waals surface area contributed by atoms with Gasteiger partial charge in [0.15, 0.2) is 0 Å². The molecule has 0 bridgehead atoms. The molecule has 0 aliphatic heterocycles. The van der Waals surface area contributed by atoms with Crippen molar-refractivity contribution >= 4 is 23.3 Å². The lowest BCUT2D eigenvalue weighted by Crippen LogP contribution is -2.36. The van der Waals surface area contributed by atoms with Crippen molar-refractivity contribution in [3.63, 3.8) is 0 Å². The van der Waals surface area contributed by atoms with Crippen LogP contribution in [0.1, 0.15) is 15.9 Å². The van der Waals surface area contributed by atoms with E-state index in [1.165, 1.54) is 4.90 Å². The molecule has 0 aromatic heterocycles. The molecule has 0 heterocycles. The molecular formula is C16H16N2O3. The number of nitrogens with zero attached hydrogens (tertiary/aromatic N) is 1. The van der Waals surface area contributed by atoms with E-state index in [1.807, 2.05) is 6.92 Å². The predicted octanol–water partition coefficient (Wildman–Crippen LogP) is 2.31. The van der Waals surface area contributed by atoms with Crippen molar-refractivity contribution in [1.29, 1.82) is 0 Å². The lowest BCUT2D eigenvalue weighted by atomic mass is 10.1. The number of nitrogens with two attached hydrogens (primary N) is 1. The molecule has 0 atom stereocenters. The molecule has 1 amide bonds. The van der Waals surface area contributed by atoms with Crippen molar-refractivity contribution in [3.05, 3.63) is 59.7 Å². The predicted molar refractivity (Wildman–Crippen MR) is 81.3 cm³/mol. The molecule has 108 valence electrons. The SMILES string of the molecule is Cc1ccc(C(=O)N(CC(=O)O)c2ccccc2N)cc1. The number of amides is 1. The molecule has 2 aromatic rings. The van der Waals surface area contributed by atoms with Gasteiger partial charge in [-0.1, -0.05) is 29.8 Å². The van der Waals surface area contributed by atoms with Gasteiger partial charge in [0.05, 0.1) is 11.4 Å². The minimum Gasteiger partial charge on any atom is -0.480 e. The first-order valence-electron chi connectivity index (χ1n) is 6.44. The van der Waals surface area contributed by atoms with Gasteiger partial charge in [-0.05, 0) is 31.2 Å². The molecule has 0 aliphatic rings. The average Bonchev–Trinajstić information content (AvgIpc) is 2.45. The standard InChI is InChI=1S/C16H16N2O3/c1-11-6-8-12(9-7-11)16(21)18(10-15(19)20)14-5-3-2-4-13(14)17/h2-9H,10,17H2,1H3,(H,19,20). The van der Waals surface area contributed by atoms with Gasteiger partial charge >= 0.3 is 5.97 Å². The molecule has 0 fully saturated rings. The molecule has 0 aliphatic carbocycles. The minimum absolute atomic E-state index is 0.360. The number of hydrogen-bond acceptors (Lipinski definition) is 3. The van der Waals surface area contributed by atoms with Crippen molar-refractivity contribution in [1.82, 2.24) is 0 Å². The number of anilines is 2. The molecule has 0 unspecified atom stereocenters. The topological polar surface area (TPSA) is 83.6 Å². The van der Waals surface area contributed by atoms with Gasteiger partial charge < -0.3 is 10.8 Å². The van der Waals surface area contributed by atoms with Crippen molar-refractivity contribution in [2.75, 3.05) is 17.2 Å². The van der Waals surface area contributed by atoms with Crippen molar-refractivity contribution < 1.29 is 14.7 Å². The second-order valence-corrected chi connectivity index (χ2v) is 4.71. The zero-order valence-corrected chi connectivity index (χ0v) is 11.6. The van der Waals surface area contributed by atoms with Crippen LogP contribution >= 0.6 is 0 Å². The van der Waals surface area contributed by atoms with E-state index in [2.05, 4.69) is 0 Å². The quantitative estimate of drug-likeness (QED) is 0.844. The Labute approximate surface area is 122 Å². The summed E-state index contributed by atoms with van der Waals surface area (Å²) in [5.74, 6) is -1.49. The summed E-state index contributed by atoms with van der Waals surface area (Å²) >= 11 is 0. The van der Waals surface area contributed by atoms with Crippen LogP contribution in [0.25, 0.3) is 0 Å². The number of carboxylic acid groups (broad SMARTS) is 1. The zero-order valence-electron chi connectivity index (χ0n) is 11.6. The van der Waals surface area contributed by atoms with Gasteiger partial charge in [-0.2, -0.15) is 0 Å². The van der Waals surface area contributed by atoms with Gasteiger partial charge in [-0.15, -0.1) is 0 Å². The molecule has 5 nitrogen and oxygen atoms in total. The number of carboxylic acids is 1. The van der Waals surface area contributed by atoms with Gasteiger partial charge in [0.25, 0.3) is 5.91 Å². The molecule has 0 saturated carbocycles. The largest absolute Gasteiger partial charge is 0.480 e. The highest BCUT2D eigenvalue weighted by Crippen LogP contribution is 2.24. The molecule has 0 spiro atoms. The molecular weight excluding hydrogens is 268 g/mol. The third kappa shape index (κ3) is 3.39. The third-order valence-electron chi connectivity index (χ3n) is 3.06. The highest BCUT2D eigenvalue weighted by Gasteiger charge is 2.21. The van der Waals surface area contributed by atoms with Crippen LogP contribution in [0.15, 0.2) is 48.5 Å². The lowest BCUT2D eigenvalue weighted by Gasteiger charge is -2.22. The fourth-order valence-corrected chi connectivity index (χ4v) is 1.99. The fourth-order valence-electron chi connectivity index (χ4n) is 1.99. The van der Waals surface area contributed by atoms with Gasteiger partial charge in [-0.3, -0.25) is 14.5 Å². The number of nitrogen functional groups attached to an aromatic ring is 1. The van der Waals surface area contributed by atoms with Crippen molar-refractivity contribution in [3.8, 4) is 0 Å². The summed E-state index contributed by atoms with van der Waals surface area (Å²) in [5, 5.41) is 9.04. The van der Waals surface area contributed by atoms with Crippen LogP contribution < -0.4 is 10.6 Å². The number of aliphatic carboxylic acids is 1. The van der Waals surface area contributed by atoms with Crippen LogP contribution in [0.4, 0.5) is 11.4 Å². The summed E-state index contributed by atoms with van der Waals surface area (Å²) < 4.78 is 0. The fraction of sp³-hybridized carbons (Fsp3) is 0.125. The summed E-state index contributed by atoms with van der Waals surface area (Å²) in [4.78, 5) is 24.8. The first-order valence-corrected chi connectivity index (χ1v) is 6.44. The van der Waals surface area contributed by atoms with Crippen LogP contribution in [0, 0.1) is 6.92 Å². The molecule has 2 rings (SSSR count). The number of benzene rings is 2. The van der Waals surface area contributed by atoms with E-state index < -0.39 is 18.4 Å². The first-order chi connectivity index (χ1) is 9.99. The van der Waals surface area contributed by atoms with E-state index in [-0.39, 0.29) is 0 Å². The van der Waals surface area contributed by atoms with Crippen molar-refractivity contribution in [2.45, 2.75) is 6.92 Å². The molecule has 5 heteroatoms. The average molecular weight is 284 g/mol. The van der Waals surface area contributed by atoms with E-state index in [9.17, 15) is 9.59 Å². The smallest absolute Gasteiger partial charge is 0.323 e. The zero-order chi connectivity index (χ0) is 15.4.